The molecule has 6 rings (SSSR count). The van der Waals surface area contributed by atoms with Gasteiger partial charge in [0.1, 0.15) is 0 Å². The van der Waals surface area contributed by atoms with Gasteiger partial charge in [0.25, 0.3) is 5.91 Å². The van der Waals surface area contributed by atoms with E-state index in [2.05, 4.69) is 69.6 Å². The molecule has 0 saturated carbocycles. The molecule has 1 fully saturated rings. The Kier molecular flexibility index (Phi) is 5.46. The summed E-state index contributed by atoms with van der Waals surface area (Å²) in [6, 6.07) is 17.3. The molecule has 34 heavy (non-hydrogen) atoms. The van der Waals surface area contributed by atoms with Crippen molar-refractivity contribution in [3.05, 3.63) is 77.0 Å². The number of aryl methyl sites for hydroxylation is 2. The zero-order valence-corrected chi connectivity index (χ0v) is 19.7. The summed E-state index contributed by atoms with van der Waals surface area (Å²) >= 11 is 0. The molecule has 0 atom stereocenters. The SMILES string of the molecule is CN(Cc1ccccc1)C1CCN(C(=O)c2ccc3[nH]c4c(c3c2)CCCc2cn[nH]c2-4)CC1. The lowest BCUT2D eigenvalue weighted by Gasteiger charge is -2.37. The summed E-state index contributed by atoms with van der Waals surface area (Å²) in [5.74, 6) is 0.150. The van der Waals surface area contributed by atoms with Crippen molar-refractivity contribution in [2.75, 3.05) is 20.1 Å². The minimum atomic E-state index is 0.150. The first kappa shape index (κ1) is 21.2. The maximum Gasteiger partial charge on any atom is 0.253 e. The Morgan fingerprint density at radius 2 is 1.91 bits per heavy atom. The van der Waals surface area contributed by atoms with Gasteiger partial charge in [-0.1, -0.05) is 30.3 Å². The Morgan fingerprint density at radius 1 is 1.09 bits per heavy atom. The molecule has 1 amide bonds. The first-order valence-corrected chi connectivity index (χ1v) is 12.4. The van der Waals surface area contributed by atoms with Gasteiger partial charge in [-0.05, 0) is 74.0 Å². The first-order chi connectivity index (χ1) is 16.7. The van der Waals surface area contributed by atoms with E-state index in [1.54, 1.807) is 0 Å². The lowest BCUT2D eigenvalue weighted by Crippen LogP contribution is -2.45. The van der Waals surface area contributed by atoms with Crippen LogP contribution in [-0.2, 0) is 19.4 Å². The van der Waals surface area contributed by atoms with Gasteiger partial charge in [0, 0.05) is 42.1 Å². The summed E-state index contributed by atoms with van der Waals surface area (Å²) < 4.78 is 0. The van der Waals surface area contributed by atoms with Crippen LogP contribution < -0.4 is 0 Å². The monoisotopic (exact) mass is 453 g/mol. The lowest BCUT2D eigenvalue weighted by atomic mass is 10.0. The van der Waals surface area contributed by atoms with Gasteiger partial charge in [-0.15, -0.1) is 0 Å². The molecule has 3 heterocycles. The molecule has 0 unspecified atom stereocenters. The summed E-state index contributed by atoms with van der Waals surface area (Å²) in [5, 5.41) is 8.59. The molecule has 2 N–H and O–H groups in total. The second-order valence-electron chi connectivity index (χ2n) is 9.79. The Labute approximate surface area is 200 Å². The fourth-order valence-corrected chi connectivity index (χ4v) is 5.72. The van der Waals surface area contributed by atoms with Crippen LogP contribution in [0.1, 0.15) is 46.3 Å². The van der Waals surface area contributed by atoms with E-state index in [0.717, 1.165) is 74.2 Å². The molecule has 4 aromatic rings. The average Bonchev–Trinajstić information content (AvgIpc) is 3.44. The molecule has 2 aromatic carbocycles. The number of hydrogen-bond acceptors (Lipinski definition) is 3. The highest BCUT2D eigenvalue weighted by Gasteiger charge is 2.27. The highest BCUT2D eigenvalue weighted by atomic mass is 16.2. The van der Waals surface area contributed by atoms with Crippen LogP contribution in [0.4, 0.5) is 0 Å². The van der Waals surface area contributed by atoms with Crippen LogP contribution in [0.15, 0.2) is 54.7 Å². The van der Waals surface area contributed by atoms with Gasteiger partial charge < -0.3 is 9.88 Å². The smallest absolute Gasteiger partial charge is 0.253 e. The topological polar surface area (TPSA) is 68.0 Å². The molecule has 0 bridgehead atoms. The summed E-state index contributed by atoms with van der Waals surface area (Å²) in [6.45, 7) is 2.57. The highest BCUT2D eigenvalue weighted by molar-refractivity contribution is 6.00. The van der Waals surface area contributed by atoms with E-state index >= 15 is 0 Å². The van der Waals surface area contributed by atoms with Crippen molar-refractivity contribution in [2.45, 2.75) is 44.7 Å². The second kappa shape index (κ2) is 8.76. The molecule has 1 aliphatic carbocycles. The number of carbonyl (C=O) groups excluding carboxylic acids is 1. The predicted molar refractivity (Wildman–Crippen MR) is 135 cm³/mol. The van der Waals surface area contributed by atoms with Crippen molar-refractivity contribution in [2.24, 2.45) is 0 Å². The van der Waals surface area contributed by atoms with Crippen LogP contribution in [0.2, 0.25) is 0 Å². The summed E-state index contributed by atoms with van der Waals surface area (Å²) in [6.07, 6.45) is 7.09. The standard InChI is InChI=1S/C28H31N5O/c1-32(18-19-6-3-2-4-7-19)22-12-14-33(15-13-22)28(34)20-10-11-25-24(16-20)23-9-5-8-21-17-29-31-26(21)27(23)30-25/h2-4,6-7,10-11,16-17,22,30H,5,8-9,12-15,18H2,1H3,(H,29,31). The molecule has 174 valence electrons. The number of likely N-dealkylation sites (tertiary alicyclic amines) is 1. The van der Waals surface area contributed by atoms with Gasteiger partial charge >= 0.3 is 0 Å². The van der Waals surface area contributed by atoms with Gasteiger partial charge in [0.05, 0.1) is 17.6 Å². The molecule has 1 aliphatic heterocycles. The first-order valence-electron chi connectivity index (χ1n) is 12.4. The minimum absolute atomic E-state index is 0.150. The zero-order chi connectivity index (χ0) is 23.1. The van der Waals surface area contributed by atoms with E-state index in [9.17, 15) is 4.79 Å². The number of aromatic nitrogens is 3. The molecule has 2 aliphatic rings. The zero-order valence-electron chi connectivity index (χ0n) is 19.7. The van der Waals surface area contributed by atoms with Crippen LogP contribution in [0.3, 0.4) is 0 Å². The third kappa shape index (κ3) is 3.82. The van der Waals surface area contributed by atoms with E-state index < -0.39 is 0 Å². The molecule has 6 nitrogen and oxygen atoms in total. The van der Waals surface area contributed by atoms with Gasteiger partial charge in [0.2, 0.25) is 0 Å². The number of fused-ring (bicyclic) bond motifs is 5. The van der Waals surface area contributed by atoms with Crippen LogP contribution in [0.5, 0.6) is 0 Å². The fourth-order valence-electron chi connectivity index (χ4n) is 5.72. The van der Waals surface area contributed by atoms with Gasteiger partial charge in [-0.25, -0.2) is 0 Å². The van der Waals surface area contributed by atoms with Gasteiger partial charge in [0.15, 0.2) is 0 Å². The number of H-pyrrole nitrogens is 2. The van der Waals surface area contributed by atoms with E-state index in [1.165, 1.54) is 22.1 Å². The van der Waals surface area contributed by atoms with Crippen molar-refractivity contribution >= 4 is 16.8 Å². The van der Waals surface area contributed by atoms with E-state index in [-0.39, 0.29) is 5.91 Å². The van der Waals surface area contributed by atoms with Crippen LogP contribution >= 0.6 is 0 Å². The molecule has 0 radical (unpaired) electrons. The summed E-state index contributed by atoms with van der Waals surface area (Å²) in [4.78, 5) is 21.5. The van der Waals surface area contributed by atoms with Crippen molar-refractivity contribution in [1.29, 1.82) is 0 Å². The molecule has 2 aromatic heterocycles. The number of nitrogens with one attached hydrogen (secondary N) is 2. The van der Waals surface area contributed by atoms with E-state index in [1.807, 2.05) is 17.2 Å². The largest absolute Gasteiger partial charge is 0.353 e. The average molecular weight is 454 g/mol. The van der Waals surface area contributed by atoms with Crippen molar-refractivity contribution in [3.63, 3.8) is 0 Å². The van der Waals surface area contributed by atoms with Crippen LogP contribution in [0.25, 0.3) is 22.3 Å². The number of amides is 1. The highest BCUT2D eigenvalue weighted by Crippen LogP contribution is 2.36. The molecule has 0 spiro atoms. The number of hydrogen-bond donors (Lipinski definition) is 2. The van der Waals surface area contributed by atoms with Crippen molar-refractivity contribution < 1.29 is 4.79 Å². The molecular weight excluding hydrogens is 422 g/mol. The van der Waals surface area contributed by atoms with E-state index in [0.29, 0.717) is 6.04 Å². The Morgan fingerprint density at radius 3 is 2.74 bits per heavy atom. The Bertz CT molecular complexity index is 1310. The fraction of sp³-hybridized carbons (Fsp3) is 0.357. The second-order valence-corrected chi connectivity index (χ2v) is 9.79. The van der Waals surface area contributed by atoms with Crippen molar-refractivity contribution in [1.82, 2.24) is 25.0 Å². The number of aromatic amines is 2. The number of nitrogens with zero attached hydrogens (tertiary/aromatic N) is 3. The predicted octanol–water partition coefficient (Wildman–Crippen LogP) is 4.78. The number of piperidine rings is 1. The number of rotatable bonds is 4. The third-order valence-corrected chi connectivity index (χ3v) is 7.64. The maximum absolute atomic E-state index is 13.4. The summed E-state index contributed by atoms with van der Waals surface area (Å²) in [7, 11) is 2.20. The number of benzene rings is 2. The van der Waals surface area contributed by atoms with Crippen LogP contribution in [-0.4, -0.2) is 57.1 Å². The van der Waals surface area contributed by atoms with Gasteiger partial charge in [-0.2, -0.15) is 5.10 Å². The number of carbonyl (C=O) groups is 1. The Balaban J connectivity index is 1.17. The van der Waals surface area contributed by atoms with Gasteiger partial charge in [-0.3, -0.25) is 14.8 Å². The summed E-state index contributed by atoms with van der Waals surface area (Å²) in [5.41, 5.74) is 8.01. The maximum atomic E-state index is 13.4. The van der Waals surface area contributed by atoms with E-state index in [4.69, 9.17) is 0 Å². The Hall–Kier alpha value is -3.38. The third-order valence-electron chi connectivity index (χ3n) is 7.64. The molecule has 6 heteroatoms. The van der Waals surface area contributed by atoms with Crippen molar-refractivity contribution in [3.8, 4) is 11.4 Å². The molecule has 1 saturated heterocycles. The quantitative estimate of drug-likeness (QED) is 0.467. The lowest BCUT2D eigenvalue weighted by molar-refractivity contribution is 0.0639. The van der Waals surface area contributed by atoms with Crippen LogP contribution in [0, 0.1) is 0 Å². The molecular formula is C28H31N5O. The normalized spacial score (nSPS) is 16.5. The minimum Gasteiger partial charge on any atom is -0.353 e.